The molecule has 142 valence electrons. The smallest absolute Gasteiger partial charge is 0.330 e. The molecular formula is C20H30O4Si2. The minimum Gasteiger partial charge on any atom is -0.466 e. The highest BCUT2D eigenvalue weighted by atomic mass is 28.3. The summed E-state index contributed by atoms with van der Waals surface area (Å²) in [6.45, 7) is 8.54. The summed E-state index contributed by atoms with van der Waals surface area (Å²) in [5, 5.41) is 4.00. The van der Waals surface area contributed by atoms with Gasteiger partial charge in [0.2, 0.25) is 0 Å². The van der Waals surface area contributed by atoms with Gasteiger partial charge in [-0.15, -0.1) is 0 Å². The van der Waals surface area contributed by atoms with Crippen molar-refractivity contribution in [1.82, 2.24) is 0 Å². The van der Waals surface area contributed by atoms with Crippen molar-refractivity contribution < 1.29 is 19.1 Å². The van der Waals surface area contributed by atoms with Crippen molar-refractivity contribution in [3.63, 3.8) is 0 Å². The summed E-state index contributed by atoms with van der Waals surface area (Å²) >= 11 is 0. The van der Waals surface area contributed by atoms with Crippen molar-refractivity contribution >= 4 is 38.5 Å². The van der Waals surface area contributed by atoms with E-state index in [-0.39, 0.29) is 11.9 Å². The summed E-state index contributed by atoms with van der Waals surface area (Å²) in [5.74, 6) is -0.678. The fourth-order valence-electron chi connectivity index (χ4n) is 4.83. The van der Waals surface area contributed by atoms with Gasteiger partial charge in [-0.05, 0) is 0 Å². The number of carbonyl (C=O) groups is 2. The van der Waals surface area contributed by atoms with E-state index in [1.165, 1.54) is 24.6 Å². The number of esters is 2. The van der Waals surface area contributed by atoms with Gasteiger partial charge in [0, 0.05) is 10.4 Å². The Labute approximate surface area is 158 Å². The summed E-state index contributed by atoms with van der Waals surface area (Å²) in [6, 6.07) is 12.0. The van der Waals surface area contributed by atoms with E-state index in [1.54, 1.807) is 0 Å². The molecule has 4 nitrogen and oxygen atoms in total. The van der Waals surface area contributed by atoms with Crippen LogP contribution in [0.5, 0.6) is 0 Å². The van der Waals surface area contributed by atoms with Gasteiger partial charge in [0.15, 0.2) is 0 Å². The van der Waals surface area contributed by atoms with Gasteiger partial charge >= 0.3 is 11.9 Å². The summed E-state index contributed by atoms with van der Waals surface area (Å²) in [4.78, 5) is 26.1. The average molecular weight is 391 g/mol. The second kappa shape index (κ2) is 7.92. The van der Waals surface area contributed by atoms with Crippen molar-refractivity contribution in [3.8, 4) is 0 Å². The molecule has 0 spiro atoms. The fraction of sp³-hybridized carbons (Fsp3) is 0.500. The Morgan fingerprint density at radius 1 is 0.731 bits per heavy atom. The molecule has 0 saturated carbocycles. The Kier molecular flexibility index (Phi) is 6.29. The lowest BCUT2D eigenvalue weighted by atomic mass is 10.3. The fourth-order valence-corrected chi connectivity index (χ4v) is 16.4. The third-order valence-corrected chi connectivity index (χ3v) is 17.4. The van der Waals surface area contributed by atoms with E-state index in [2.05, 4.69) is 52.0 Å². The first-order valence-electron chi connectivity index (χ1n) is 9.45. The second-order valence-corrected chi connectivity index (χ2v) is 16.1. The highest BCUT2D eigenvalue weighted by molar-refractivity contribution is 7.14. The molecule has 1 aromatic carbocycles. The van der Waals surface area contributed by atoms with Crippen LogP contribution >= 0.6 is 0 Å². The van der Waals surface area contributed by atoms with Crippen molar-refractivity contribution in [3.05, 3.63) is 34.7 Å². The van der Waals surface area contributed by atoms with E-state index < -0.39 is 16.1 Å². The molecule has 1 aliphatic heterocycles. The maximum atomic E-state index is 13.0. The number of rotatable bonds is 6. The van der Waals surface area contributed by atoms with E-state index in [1.807, 2.05) is 0 Å². The van der Waals surface area contributed by atoms with Crippen LogP contribution in [0.3, 0.4) is 0 Å². The predicted molar refractivity (Wildman–Crippen MR) is 110 cm³/mol. The zero-order valence-corrected chi connectivity index (χ0v) is 18.8. The lowest BCUT2D eigenvalue weighted by molar-refractivity contribution is -0.138. The lowest BCUT2D eigenvalue weighted by Gasteiger charge is -2.46. The molecule has 0 radical (unpaired) electrons. The average Bonchev–Trinajstić information content (AvgIpc) is 2.70. The third-order valence-electron chi connectivity index (χ3n) is 6.36. The van der Waals surface area contributed by atoms with Crippen LogP contribution in [-0.2, 0) is 19.1 Å². The second-order valence-electron chi connectivity index (χ2n) is 6.86. The Bertz CT molecular complexity index is 670. The molecule has 6 heteroatoms. The molecule has 1 heterocycles. The minimum atomic E-state index is -2.39. The molecule has 0 saturated heterocycles. The molecular weight excluding hydrogens is 360 g/mol. The molecule has 0 bridgehead atoms. The highest BCUT2D eigenvalue weighted by Gasteiger charge is 2.56. The van der Waals surface area contributed by atoms with Crippen LogP contribution in [0.1, 0.15) is 27.7 Å². The van der Waals surface area contributed by atoms with Crippen LogP contribution in [0.2, 0.25) is 24.2 Å². The van der Waals surface area contributed by atoms with E-state index in [4.69, 9.17) is 9.47 Å². The quantitative estimate of drug-likeness (QED) is 0.554. The molecule has 0 aliphatic carbocycles. The van der Waals surface area contributed by atoms with E-state index in [9.17, 15) is 9.59 Å². The number of hydrogen-bond acceptors (Lipinski definition) is 4. The molecule has 26 heavy (non-hydrogen) atoms. The normalized spacial score (nSPS) is 17.5. The van der Waals surface area contributed by atoms with E-state index >= 15 is 0 Å². The number of carbonyl (C=O) groups excluding carboxylic acids is 2. The van der Waals surface area contributed by atoms with Gasteiger partial charge < -0.3 is 9.47 Å². The Morgan fingerprint density at radius 2 is 1.04 bits per heavy atom. The van der Waals surface area contributed by atoms with Gasteiger partial charge in [-0.2, -0.15) is 0 Å². The van der Waals surface area contributed by atoms with Crippen molar-refractivity contribution in [2.24, 2.45) is 0 Å². The van der Waals surface area contributed by atoms with Crippen LogP contribution in [0.4, 0.5) is 0 Å². The SMILES string of the molecule is CC[Si]1(CC)C(C(=O)OC)=C(C(=O)OC)[Si](CC)(CC)c2ccccc21. The zero-order chi connectivity index (χ0) is 19.5. The van der Waals surface area contributed by atoms with Gasteiger partial charge in [-0.3, -0.25) is 0 Å². The monoisotopic (exact) mass is 390 g/mol. The van der Waals surface area contributed by atoms with E-state index in [0.717, 1.165) is 24.2 Å². The van der Waals surface area contributed by atoms with Crippen LogP contribution in [0.25, 0.3) is 0 Å². The molecule has 0 N–H and O–H groups in total. The number of benzene rings is 1. The van der Waals surface area contributed by atoms with Gasteiger partial charge in [-0.25, -0.2) is 9.59 Å². The number of fused-ring (bicyclic) bond motifs is 1. The van der Waals surface area contributed by atoms with Crippen LogP contribution in [0.15, 0.2) is 34.7 Å². The molecule has 0 atom stereocenters. The third kappa shape index (κ3) is 2.70. The Morgan fingerprint density at radius 3 is 1.27 bits per heavy atom. The molecule has 2 rings (SSSR count). The summed E-state index contributed by atoms with van der Waals surface area (Å²) < 4.78 is 10.4. The maximum Gasteiger partial charge on any atom is 0.330 e. The standard InChI is InChI=1S/C20H30O4Si2/c1-7-25(8-2)15-13-11-12-14-16(15)26(9-3,10-4)18(20(22)24-6)17(25)19(21)23-5/h11-14H,7-10H2,1-6H3. The number of methoxy groups -OCH3 is 2. The number of ether oxygens (including phenoxy) is 2. The lowest BCUT2D eigenvalue weighted by Crippen LogP contribution is -2.71. The molecule has 0 unspecified atom stereocenters. The first kappa shape index (κ1) is 20.6. The summed E-state index contributed by atoms with van der Waals surface area (Å²) in [7, 11) is -1.95. The number of hydrogen-bond donors (Lipinski definition) is 0. The highest BCUT2D eigenvalue weighted by Crippen LogP contribution is 2.39. The van der Waals surface area contributed by atoms with Gasteiger partial charge in [0.25, 0.3) is 0 Å². The largest absolute Gasteiger partial charge is 0.466 e. The van der Waals surface area contributed by atoms with Crippen molar-refractivity contribution in [2.45, 2.75) is 51.9 Å². The molecule has 1 aromatic rings. The van der Waals surface area contributed by atoms with Crippen LogP contribution in [-0.4, -0.2) is 42.3 Å². The summed E-state index contributed by atoms with van der Waals surface area (Å²) in [6.07, 6.45) is 0. The Hall–Kier alpha value is -1.67. The molecule has 1 aliphatic rings. The summed E-state index contributed by atoms with van der Waals surface area (Å²) in [5.41, 5.74) is 0. The van der Waals surface area contributed by atoms with Gasteiger partial charge in [0.05, 0.1) is 14.2 Å². The van der Waals surface area contributed by atoms with Crippen molar-refractivity contribution in [2.75, 3.05) is 14.2 Å². The molecule has 0 aromatic heterocycles. The predicted octanol–water partition coefficient (Wildman–Crippen LogP) is 2.81. The Balaban J connectivity index is 3.09. The molecule has 0 amide bonds. The zero-order valence-electron chi connectivity index (χ0n) is 16.8. The first-order valence-corrected chi connectivity index (χ1v) is 14.3. The van der Waals surface area contributed by atoms with Gasteiger partial charge in [0.1, 0.15) is 16.1 Å². The van der Waals surface area contributed by atoms with Gasteiger partial charge in [-0.1, -0.05) is 86.5 Å². The van der Waals surface area contributed by atoms with E-state index in [0.29, 0.717) is 10.4 Å². The van der Waals surface area contributed by atoms with Crippen molar-refractivity contribution in [1.29, 1.82) is 0 Å². The topological polar surface area (TPSA) is 52.6 Å². The van der Waals surface area contributed by atoms with Crippen LogP contribution in [0, 0.1) is 0 Å². The van der Waals surface area contributed by atoms with Crippen LogP contribution < -0.4 is 10.4 Å². The maximum absolute atomic E-state index is 13.0. The molecule has 0 fully saturated rings. The first-order chi connectivity index (χ1) is 12.4. The minimum absolute atomic E-state index is 0.339.